The van der Waals surface area contributed by atoms with Crippen LogP contribution in [0.5, 0.6) is 0 Å². The van der Waals surface area contributed by atoms with Gasteiger partial charge in [0.05, 0.1) is 17.0 Å². The highest BCUT2D eigenvalue weighted by molar-refractivity contribution is 5.88. The summed E-state index contributed by atoms with van der Waals surface area (Å²) < 4.78 is 0. The van der Waals surface area contributed by atoms with Crippen LogP contribution in [0.25, 0.3) is 45.3 Å². The van der Waals surface area contributed by atoms with Crippen molar-refractivity contribution in [3.8, 4) is 51.4 Å². The molecule has 7 aromatic rings. The molecule has 4 saturated carbocycles. The second kappa shape index (κ2) is 16.3. The first-order valence-corrected chi connectivity index (χ1v) is 25.4. The third-order valence-corrected chi connectivity index (χ3v) is 17.3. The summed E-state index contributed by atoms with van der Waals surface area (Å²) in [7, 11) is 0. The molecule has 5 aliphatic carbocycles. The molecular formula is C63H62N4. The quantitative estimate of drug-likeness (QED) is 0.160. The minimum absolute atomic E-state index is 0.251. The number of benzene rings is 6. The van der Waals surface area contributed by atoms with Crippen molar-refractivity contribution in [3.63, 3.8) is 0 Å². The molecular weight excluding hydrogens is 813 g/mol. The highest BCUT2D eigenvalue weighted by atomic mass is 15.0. The van der Waals surface area contributed by atoms with E-state index in [0.717, 1.165) is 68.9 Å². The Morgan fingerprint density at radius 3 is 1.30 bits per heavy atom. The van der Waals surface area contributed by atoms with E-state index < -0.39 is 5.41 Å². The van der Waals surface area contributed by atoms with E-state index in [0.29, 0.717) is 23.0 Å². The smallest absolute Gasteiger partial charge is 0.164 e. The van der Waals surface area contributed by atoms with Gasteiger partial charge in [0.2, 0.25) is 0 Å². The van der Waals surface area contributed by atoms with Crippen LogP contribution in [0, 0.1) is 46.8 Å². The van der Waals surface area contributed by atoms with Gasteiger partial charge in [-0.05, 0) is 173 Å². The Bertz CT molecular complexity index is 2840. The maximum atomic E-state index is 10.1. The fraction of sp³-hybridized carbons (Fsp3) is 0.365. The molecule has 0 aliphatic heterocycles. The molecule has 4 heteroatoms. The van der Waals surface area contributed by atoms with Crippen LogP contribution in [0.4, 0.5) is 0 Å². The zero-order valence-corrected chi connectivity index (χ0v) is 39.7. The maximum Gasteiger partial charge on any atom is 0.164 e. The Labute approximate surface area is 398 Å². The molecule has 67 heavy (non-hydrogen) atoms. The second-order valence-corrected chi connectivity index (χ2v) is 22.5. The summed E-state index contributed by atoms with van der Waals surface area (Å²) in [6, 6.07) is 55.8. The monoisotopic (exact) mass is 874 g/mol. The number of hydrogen-bond acceptors (Lipinski definition) is 4. The molecule has 4 unspecified atom stereocenters. The number of nitriles is 1. The molecule has 5 aliphatic rings. The predicted molar refractivity (Wildman–Crippen MR) is 271 cm³/mol. The van der Waals surface area contributed by atoms with Gasteiger partial charge in [-0.1, -0.05) is 155 Å². The molecule has 0 amide bonds. The van der Waals surface area contributed by atoms with Crippen LogP contribution < -0.4 is 0 Å². The fourth-order valence-corrected chi connectivity index (χ4v) is 15.5. The van der Waals surface area contributed by atoms with E-state index in [9.17, 15) is 5.26 Å². The Balaban J connectivity index is 1.01. The first-order chi connectivity index (χ1) is 32.6. The summed E-state index contributed by atoms with van der Waals surface area (Å²) in [5.41, 5.74) is 13.4. The molecule has 6 aromatic carbocycles. The average molecular weight is 875 g/mol. The van der Waals surface area contributed by atoms with Gasteiger partial charge in [0.25, 0.3) is 0 Å². The van der Waals surface area contributed by atoms with E-state index in [4.69, 9.17) is 15.0 Å². The predicted octanol–water partition coefficient (Wildman–Crippen LogP) is 15.3. The summed E-state index contributed by atoms with van der Waals surface area (Å²) in [5, 5.41) is 10.1. The molecule has 12 rings (SSSR count). The first kappa shape index (κ1) is 42.2. The van der Waals surface area contributed by atoms with E-state index in [1.54, 1.807) is 0 Å². The summed E-state index contributed by atoms with van der Waals surface area (Å²) >= 11 is 0. The van der Waals surface area contributed by atoms with Gasteiger partial charge < -0.3 is 0 Å². The Kier molecular flexibility index (Phi) is 10.2. The van der Waals surface area contributed by atoms with Gasteiger partial charge in [-0.2, -0.15) is 5.26 Å². The topological polar surface area (TPSA) is 62.5 Å². The lowest BCUT2D eigenvalue weighted by Gasteiger charge is -2.50. The molecule has 0 radical (unpaired) electrons. The van der Waals surface area contributed by atoms with Crippen LogP contribution in [0.1, 0.15) is 131 Å². The van der Waals surface area contributed by atoms with Crippen molar-refractivity contribution < 1.29 is 0 Å². The fourth-order valence-electron chi connectivity index (χ4n) is 15.5. The summed E-state index contributed by atoms with van der Waals surface area (Å²) in [6.45, 7) is 9.88. The minimum atomic E-state index is -0.626. The van der Waals surface area contributed by atoms with E-state index in [2.05, 4.69) is 173 Å². The van der Waals surface area contributed by atoms with Gasteiger partial charge in [-0.25, -0.2) is 15.0 Å². The van der Waals surface area contributed by atoms with Gasteiger partial charge in [0.1, 0.15) is 0 Å². The van der Waals surface area contributed by atoms with Gasteiger partial charge in [0.15, 0.2) is 17.5 Å². The number of fused-ring (bicyclic) bond motifs is 7. The second-order valence-electron chi connectivity index (χ2n) is 22.5. The van der Waals surface area contributed by atoms with Gasteiger partial charge in [-0.3, -0.25) is 0 Å². The lowest BCUT2D eigenvalue weighted by atomic mass is 9.54. The largest absolute Gasteiger partial charge is 0.208 e. The van der Waals surface area contributed by atoms with Crippen LogP contribution in [-0.4, -0.2) is 15.0 Å². The van der Waals surface area contributed by atoms with Crippen molar-refractivity contribution in [2.24, 2.45) is 35.5 Å². The van der Waals surface area contributed by atoms with Gasteiger partial charge >= 0.3 is 0 Å². The summed E-state index contributed by atoms with van der Waals surface area (Å²) in [6.07, 6.45) is 13.2. The molecule has 334 valence electrons. The van der Waals surface area contributed by atoms with E-state index in [1.165, 1.54) is 92.0 Å². The van der Waals surface area contributed by atoms with Crippen LogP contribution in [-0.2, 0) is 16.2 Å². The van der Waals surface area contributed by atoms with Gasteiger partial charge in [-0.15, -0.1) is 0 Å². The van der Waals surface area contributed by atoms with Gasteiger partial charge in [0, 0.05) is 16.7 Å². The molecule has 4 fully saturated rings. The van der Waals surface area contributed by atoms with Crippen molar-refractivity contribution >= 4 is 0 Å². The molecule has 0 N–H and O–H groups in total. The van der Waals surface area contributed by atoms with Crippen LogP contribution in [0.15, 0.2) is 146 Å². The molecule has 1 heterocycles. The molecule has 1 aromatic heterocycles. The van der Waals surface area contributed by atoms with E-state index in [1.807, 2.05) is 6.07 Å². The van der Waals surface area contributed by atoms with Crippen LogP contribution in [0.2, 0.25) is 0 Å². The van der Waals surface area contributed by atoms with E-state index in [-0.39, 0.29) is 10.8 Å². The molecule has 0 spiro atoms. The van der Waals surface area contributed by atoms with Crippen molar-refractivity contribution in [3.05, 3.63) is 185 Å². The zero-order valence-electron chi connectivity index (χ0n) is 39.7. The highest BCUT2D eigenvalue weighted by Crippen LogP contribution is 2.58. The van der Waals surface area contributed by atoms with Crippen LogP contribution >= 0.6 is 0 Å². The maximum absolute atomic E-state index is 10.1. The summed E-state index contributed by atoms with van der Waals surface area (Å²) in [4.78, 5) is 16.2. The SMILES string of the molecule is C[C@@H]1CC2C[C@H](C)CC(c3ccc(-c4nc(-c5ccc(C67CC(C[C@@H](C)C6)C[C@H](C)C7)cc5)nc(-c5ccc6c(c5)C(c5ccccc5)(c5ccccc5)c5ccc(C#N)cc5-6)n4)cc3)(C2)C1. The number of aromatic nitrogens is 3. The third kappa shape index (κ3) is 7.10. The van der Waals surface area contributed by atoms with Crippen molar-refractivity contribution in [1.82, 2.24) is 15.0 Å². The third-order valence-electron chi connectivity index (χ3n) is 17.3. The minimum Gasteiger partial charge on any atom is -0.208 e. The van der Waals surface area contributed by atoms with E-state index >= 15 is 0 Å². The number of rotatable bonds is 7. The highest BCUT2D eigenvalue weighted by Gasteiger charge is 2.48. The lowest BCUT2D eigenvalue weighted by molar-refractivity contribution is 0.0779. The zero-order chi connectivity index (χ0) is 45.5. The standard InChI is InChI=1S/C63H62N4/c1-40-27-45-28-41(2)34-61(33-40,37-45)50-21-16-47(17-22-50)58-65-59(48-18-23-51(24-19-48)62-35-42(3)29-46(38-62)30-43(4)36-62)67-60(66-58)49-20-25-54-55-31-44(39-64)15-26-56(55)63(57(54)32-49,52-11-7-5-8-12-52)53-13-9-6-10-14-53/h5-26,31-32,40-43,45-46H,27-30,33-38H2,1-4H3/t40-,41+,42-,43+,45?,46?,61?,62?. The Hall–Kier alpha value is -6.18. The lowest BCUT2D eigenvalue weighted by Crippen LogP contribution is -2.42. The molecule has 0 saturated heterocycles. The summed E-state index contributed by atoms with van der Waals surface area (Å²) in [5.74, 6) is 6.73. The van der Waals surface area contributed by atoms with Crippen molar-refractivity contribution in [1.29, 1.82) is 5.26 Å². The van der Waals surface area contributed by atoms with Crippen LogP contribution in [0.3, 0.4) is 0 Å². The number of hydrogen-bond donors (Lipinski definition) is 0. The van der Waals surface area contributed by atoms with Crippen molar-refractivity contribution in [2.75, 3.05) is 0 Å². The normalized spacial score (nSPS) is 27.9. The molecule has 8 atom stereocenters. The number of nitrogens with zero attached hydrogens (tertiary/aromatic N) is 4. The first-order valence-electron chi connectivity index (χ1n) is 25.4. The van der Waals surface area contributed by atoms with Crippen molar-refractivity contribution in [2.45, 2.75) is 108 Å². The molecule has 4 nitrogen and oxygen atoms in total. The Morgan fingerprint density at radius 2 is 0.851 bits per heavy atom. The molecule has 4 bridgehead atoms. The Morgan fingerprint density at radius 1 is 0.418 bits per heavy atom. The average Bonchev–Trinajstić information content (AvgIpc) is 3.63.